The van der Waals surface area contributed by atoms with Crippen molar-refractivity contribution < 1.29 is 22.7 Å². The van der Waals surface area contributed by atoms with Crippen LogP contribution in [0.15, 0.2) is 65.6 Å². The molecule has 3 aromatic carbocycles. The number of aryl methyl sites for hydroxylation is 2. The summed E-state index contributed by atoms with van der Waals surface area (Å²) in [7, 11) is -2.40. The van der Waals surface area contributed by atoms with E-state index in [1.54, 1.807) is 36.4 Å². The number of benzene rings is 3. The number of anilines is 2. The fourth-order valence-corrected chi connectivity index (χ4v) is 6.00. The Labute approximate surface area is 205 Å². The average molecular weight is 493 g/mol. The Balaban J connectivity index is 1.44. The molecule has 2 aliphatic heterocycles. The molecule has 2 heterocycles. The van der Waals surface area contributed by atoms with Crippen LogP contribution in [0.5, 0.6) is 0 Å². The Morgan fingerprint density at radius 2 is 1.80 bits per heavy atom. The van der Waals surface area contributed by atoms with E-state index >= 15 is 0 Å². The minimum absolute atomic E-state index is 0.0159. The van der Waals surface area contributed by atoms with E-state index in [9.17, 15) is 13.2 Å². The molecule has 0 aromatic heterocycles. The Kier molecular flexibility index (Phi) is 6.02. The lowest BCUT2D eigenvalue weighted by atomic mass is 9.81. The van der Waals surface area contributed by atoms with E-state index in [1.807, 2.05) is 38.1 Å². The van der Waals surface area contributed by atoms with Gasteiger partial charge in [0, 0.05) is 29.5 Å². The first kappa shape index (κ1) is 23.4. The Morgan fingerprint density at radius 3 is 2.51 bits per heavy atom. The summed E-state index contributed by atoms with van der Waals surface area (Å²) in [6.07, 6.45) is 0.631. The second kappa shape index (κ2) is 9.02. The molecule has 182 valence electrons. The molecule has 1 fully saturated rings. The predicted molar refractivity (Wildman–Crippen MR) is 134 cm³/mol. The van der Waals surface area contributed by atoms with Crippen LogP contribution in [0.2, 0.25) is 0 Å². The number of rotatable bonds is 5. The highest BCUT2D eigenvalue weighted by atomic mass is 32.2. The van der Waals surface area contributed by atoms with E-state index in [0.717, 1.165) is 34.4 Å². The summed E-state index contributed by atoms with van der Waals surface area (Å²) < 4.78 is 39.9. The number of ether oxygens (including phenoxy) is 2. The summed E-state index contributed by atoms with van der Waals surface area (Å²) in [4.78, 5) is 12.0. The third-order valence-corrected chi connectivity index (χ3v) is 8.35. The molecule has 0 saturated carbocycles. The standard InChI is InChI=1S/C27H28N2O5S/c1-16-4-9-20(14-17(16)2)29-35(31,32)21-10-11-24-23(15-21)26-22(12-13-34-26)25(28-24)18-5-7-19(8-6-18)27(30)33-3/h4-11,14-15,22,25-26,28-29H,12-13H2,1-3H3/t22-,25+,26-/m1/s1. The van der Waals surface area contributed by atoms with Crippen LogP contribution in [0.25, 0.3) is 0 Å². The van der Waals surface area contributed by atoms with E-state index in [4.69, 9.17) is 9.47 Å². The van der Waals surface area contributed by atoms with Gasteiger partial charge in [0.05, 0.1) is 29.7 Å². The van der Waals surface area contributed by atoms with Crippen molar-refractivity contribution in [2.75, 3.05) is 23.8 Å². The van der Waals surface area contributed by atoms with Gasteiger partial charge >= 0.3 is 5.97 Å². The first-order valence-electron chi connectivity index (χ1n) is 11.6. The summed E-state index contributed by atoms with van der Waals surface area (Å²) >= 11 is 0. The van der Waals surface area contributed by atoms with Gasteiger partial charge in [0.2, 0.25) is 0 Å². The number of fused-ring (bicyclic) bond motifs is 3. The number of carbonyl (C=O) groups is 1. The van der Waals surface area contributed by atoms with E-state index in [2.05, 4.69) is 10.0 Å². The topological polar surface area (TPSA) is 93.7 Å². The molecule has 0 spiro atoms. The highest BCUT2D eigenvalue weighted by Gasteiger charge is 2.42. The van der Waals surface area contributed by atoms with Gasteiger partial charge in [-0.25, -0.2) is 13.2 Å². The zero-order chi connectivity index (χ0) is 24.7. The van der Waals surface area contributed by atoms with E-state index < -0.39 is 10.0 Å². The number of hydrogen-bond acceptors (Lipinski definition) is 6. The van der Waals surface area contributed by atoms with E-state index in [0.29, 0.717) is 17.9 Å². The smallest absolute Gasteiger partial charge is 0.337 e. The van der Waals surface area contributed by atoms with Gasteiger partial charge in [-0.15, -0.1) is 0 Å². The summed E-state index contributed by atoms with van der Waals surface area (Å²) in [6.45, 7) is 4.54. The van der Waals surface area contributed by atoms with Crippen LogP contribution in [0.1, 0.15) is 51.2 Å². The van der Waals surface area contributed by atoms with Gasteiger partial charge in [-0.2, -0.15) is 0 Å². The van der Waals surface area contributed by atoms with Crippen LogP contribution in [0.4, 0.5) is 11.4 Å². The average Bonchev–Trinajstić information content (AvgIpc) is 3.35. The highest BCUT2D eigenvalue weighted by Crippen LogP contribution is 2.50. The molecule has 0 radical (unpaired) electrons. The minimum Gasteiger partial charge on any atom is -0.465 e. The van der Waals surface area contributed by atoms with Crippen LogP contribution in [-0.4, -0.2) is 28.1 Å². The molecule has 8 heteroatoms. The summed E-state index contributed by atoms with van der Waals surface area (Å²) in [5.74, 6) is -0.235. The summed E-state index contributed by atoms with van der Waals surface area (Å²) in [5.41, 5.74) is 5.89. The maximum absolute atomic E-state index is 13.2. The van der Waals surface area contributed by atoms with Gasteiger partial charge in [0.1, 0.15) is 0 Å². The van der Waals surface area contributed by atoms with Crippen LogP contribution in [0, 0.1) is 19.8 Å². The number of nitrogens with one attached hydrogen (secondary N) is 2. The molecule has 35 heavy (non-hydrogen) atoms. The molecule has 0 bridgehead atoms. The van der Waals surface area contributed by atoms with Gasteiger partial charge in [-0.1, -0.05) is 18.2 Å². The number of carbonyl (C=O) groups excluding carboxylic acids is 1. The number of methoxy groups -OCH3 is 1. The number of sulfonamides is 1. The lowest BCUT2D eigenvalue weighted by Gasteiger charge is -2.36. The molecular weight excluding hydrogens is 464 g/mol. The van der Waals surface area contributed by atoms with Crippen LogP contribution < -0.4 is 10.0 Å². The van der Waals surface area contributed by atoms with Crippen LogP contribution in [-0.2, 0) is 19.5 Å². The Bertz CT molecular complexity index is 1390. The van der Waals surface area contributed by atoms with Gasteiger partial charge in [-0.3, -0.25) is 4.72 Å². The van der Waals surface area contributed by atoms with Crippen molar-refractivity contribution in [3.05, 3.63) is 88.5 Å². The van der Waals surface area contributed by atoms with E-state index in [1.165, 1.54) is 7.11 Å². The molecule has 0 unspecified atom stereocenters. The van der Waals surface area contributed by atoms with Crippen molar-refractivity contribution >= 4 is 27.4 Å². The second-order valence-corrected chi connectivity index (χ2v) is 10.8. The molecule has 2 aliphatic rings. The van der Waals surface area contributed by atoms with Gasteiger partial charge < -0.3 is 14.8 Å². The fourth-order valence-electron chi connectivity index (χ4n) is 4.91. The van der Waals surface area contributed by atoms with Crippen molar-refractivity contribution in [1.29, 1.82) is 0 Å². The van der Waals surface area contributed by atoms with Crippen molar-refractivity contribution in [2.24, 2.45) is 5.92 Å². The molecular formula is C27H28N2O5S. The quantitative estimate of drug-likeness (QED) is 0.480. The molecule has 2 N–H and O–H groups in total. The first-order valence-corrected chi connectivity index (χ1v) is 13.1. The lowest BCUT2D eigenvalue weighted by molar-refractivity contribution is 0.0600. The molecule has 1 saturated heterocycles. The SMILES string of the molecule is COC(=O)c1ccc([C@@H]2Nc3ccc(S(=O)(=O)Nc4ccc(C)c(C)c4)cc3[C@@H]3OCC[C@H]23)cc1. The van der Waals surface area contributed by atoms with Gasteiger partial charge in [0.15, 0.2) is 0 Å². The largest absolute Gasteiger partial charge is 0.465 e. The monoisotopic (exact) mass is 492 g/mol. The van der Waals surface area contributed by atoms with Crippen LogP contribution in [0.3, 0.4) is 0 Å². The number of esters is 1. The maximum Gasteiger partial charge on any atom is 0.337 e. The fraction of sp³-hybridized carbons (Fsp3) is 0.296. The molecule has 3 atom stereocenters. The van der Waals surface area contributed by atoms with Crippen molar-refractivity contribution in [2.45, 2.75) is 37.3 Å². The first-order chi connectivity index (χ1) is 16.8. The highest BCUT2D eigenvalue weighted by molar-refractivity contribution is 7.92. The molecule has 3 aromatic rings. The second-order valence-electron chi connectivity index (χ2n) is 9.13. The molecule has 0 amide bonds. The Hall–Kier alpha value is -3.36. The normalized spacial score (nSPS) is 20.9. The minimum atomic E-state index is -3.76. The summed E-state index contributed by atoms with van der Waals surface area (Å²) in [5, 5.41) is 3.58. The maximum atomic E-state index is 13.2. The third-order valence-electron chi connectivity index (χ3n) is 6.97. The lowest BCUT2D eigenvalue weighted by Crippen LogP contribution is -2.29. The van der Waals surface area contributed by atoms with Gasteiger partial charge in [-0.05, 0) is 79.4 Å². The summed E-state index contributed by atoms with van der Waals surface area (Å²) in [6, 6.07) is 18.0. The van der Waals surface area contributed by atoms with Crippen LogP contribution >= 0.6 is 0 Å². The van der Waals surface area contributed by atoms with Crippen molar-refractivity contribution in [3.63, 3.8) is 0 Å². The molecule has 0 aliphatic carbocycles. The molecule has 7 nitrogen and oxygen atoms in total. The van der Waals surface area contributed by atoms with Crippen molar-refractivity contribution in [1.82, 2.24) is 0 Å². The predicted octanol–water partition coefficient (Wildman–Crippen LogP) is 5.14. The van der Waals surface area contributed by atoms with Gasteiger partial charge in [0.25, 0.3) is 10.0 Å². The zero-order valence-corrected chi connectivity index (χ0v) is 20.7. The zero-order valence-electron chi connectivity index (χ0n) is 19.9. The third kappa shape index (κ3) is 4.39. The Morgan fingerprint density at radius 1 is 1.03 bits per heavy atom. The van der Waals surface area contributed by atoms with E-state index in [-0.39, 0.29) is 28.9 Å². The number of hydrogen-bond donors (Lipinski definition) is 2. The van der Waals surface area contributed by atoms with Crippen molar-refractivity contribution in [3.8, 4) is 0 Å². The molecule has 5 rings (SSSR count).